The summed E-state index contributed by atoms with van der Waals surface area (Å²) in [4.78, 5) is 0. The molecule has 0 spiro atoms. The molecule has 0 saturated heterocycles. The molecule has 0 amide bonds. The van der Waals surface area contributed by atoms with E-state index in [9.17, 15) is 0 Å². The van der Waals surface area contributed by atoms with Crippen molar-refractivity contribution in [3.63, 3.8) is 0 Å². The van der Waals surface area contributed by atoms with Crippen molar-refractivity contribution in [3.05, 3.63) is 78.4 Å². The van der Waals surface area contributed by atoms with E-state index in [-0.39, 0.29) is 0 Å². The lowest BCUT2D eigenvalue weighted by atomic mass is 10.1. The molecule has 0 bridgehead atoms. The maximum atomic E-state index is 3.26. The molecule has 19 heavy (non-hydrogen) atoms. The number of fused-ring (bicyclic) bond motifs is 1. The molecule has 0 fully saturated rings. The van der Waals surface area contributed by atoms with Gasteiger partial charge in [0.25, 0.3) is 0 Å². The average Bonchev–Trinajstić information content (AvgIpc) is 2.49. The van der Waals surface area contributed by atoms with E-state index in [0.29, 0.717) is 0 Å². The van der Waals surface area contributed by atoms with Gasteiger partial charge in [0.2, 0.25) is 0 Å². The highest BCUT2D eigenvalue weighted by Gasteiger charge is 1.99. The zero-order valence-electron chi connectivity index (χ0n) is 10.6. The van der Waals surface area contributed by atoms with Crippen LogP contribution >= 0.6 is 0 Å². The molecule has 2 heteroatoms. The van der Waals surface area contributed by atoms with Gasteiger partial charge in [0.15, 0.2) is 0 Å². The molecule has 3 rings (SSSR count). The van der Waals surface area contributed by atoms with Gasteiger partial charge in [0.05, 0.1) is 0 Å². The Morgan fingerprint density at radius 1 is 0.684 bits per heavy atom. The number of hydrogen-bond acceptors (Lipinski definition) is 2. The Hall–Kier alpha value is -2.32. The summed E-state index contributed by atoms with van der Waals surface area (Å²) in [5.74, 6) is 0. The van der Waals surface area contributed by atoms with E-state index in [1.54, 1.807) is 0 Å². The van der Waals surface area contributed by atoms with Crippen LogP contribution < -0.4 is 10.9 Å². The van der Waals surface area contributed by atoms with Crippen molar-refractivity contribution in [3.8, 4) is 0 Å². The van der Waals surface area contributed by atoms with Crippen LogP contribution in [0.25, 0.3) is 10.8 Å². The monoisotopic (exact) mass is 248 g/mol. The van der Waals surface area contributed by atoms with Crippen LogP contribution in [0.3, 0.4) is 0 Å². The number of rotatable bonds is 4. The summed E-state index contributed by atoms with van der Waals surface area (Å²) in [6, 6.07) is 25.0. The topological polar surface area (TPSA) is 24.1 Å². The minimum atomic E-state index is 0.788. The molecule has 0 unspecified atom stereocenters. The molecule has 2 nitrogen and oxygen atoms in total. The van der Waals surface area contributed by atoms with Gasteiger partial charge in [-0.05, 0) is 28.5 Å². The Morgan fingerprint density at radius 3 is 2.32 bits per heavy atom. The average molecular weight is 248 g/mol. The number of para-hydroxylation sites is 1. The maximum absolute atomic E-state index is 3.26. The highest BCUT2D eigenvalue weighted by atomic mass is 15.3. The second-order valence-electron chi connectivity index (χ2n) is 4.48. The van der Waals surface area contributed by atoms with Crippen LogP contribution in [-0.2, 0) is 6.54 Å². The fourth-order valence-electron chi connectivity index (χ4n) is 2.21. The molecule has 0 radical (unpaired) electrons. The van der Waals surface area contributed by atoms with E-state index in [2.05, 4.69) is 53.3 Å². The summed E-state index contributed by atoms with van der Waals surface area (Å²) in [6.07, 6.45) is 0. The van der Waals surface area contributed by atoms with Gasteiger partial charge in [0, 0.05) is 12.2 Å². The quantitative estimate of drug-likeness (QED) is 0.683. The summed E-state index contributed by atoms with van der Waals surface area (Å²) < 4.78 is 0. The number of hydrogen-bond donors (Lipinski definition) is 2. The summed E-state index contributed by atoms with van der Waals surface area (Å²) >= 11 is 0. The SMILES string of the molecule is c1ccc(NNCc2cccc3ccccc23)cc1. The first-order valence-corrected chi connectivity index (χ1v) is 6.44. The van der Waals surface area contributed by atoms with Gasteiger partial charge in [0.1, 0.15) is 0 Å². The van der Waals surface area contributed by atoms with Gasteiger partial charge in [-0.1, -0.05) is 60.7 Å². The third-order valence-electron chi connectivity index (χ3n) is 3.17. The molecule has 0 aliphatic heterocycles. The highest BCUT2D eigenvalue weighted by molar-refractivity contribution is 5.85. The van der Waals surface area contributed by atoms with Crippen molar-refractivity contribution < 1.29 is 0 Å². The van der Waals surface area contributed by atoms with Gasteiger partial charge < -0.3 is 5.43 Å². The first-order valence-electron chi connectivity index (χ1n) is 6.44. The number of nitrogens with one attached hydrogen (secondary N) is 2. The van der Waals surface area contributed by atoms with E-state index in [0.717, 1.165) is 12.2 Å². The van der Waals surface area contributed by atoms with Crippen molar-refractivity contribution in [2.45, 2.75) is 6.54 Å². The molecule has 2 N–H and O–H groups in total. The van der Waals surface area contributed by atoms with Crippen LogP contribution in [0.2, 0.25) is 0 Å². The fourth-order valence-corrected chi connectivity index (χ4v) is 2.21. The molecule has 0 heterocycles. The normalized spacial score (nSPS) is 10.5. The van der Waals surface area contributed by atoms with Gasteiger partial charge in [-0.2, -0.15) is 0 Å². The van der Waals surface area contributed by atoms with Crippen molar-refractivity contribution in [2.75, 3.05) is 5.43 Å². The second-order valence-corrected chi connectivity index (χ2v) is 4.48. The molecular formula is C17H16N2. The van der Waals surface area contributed by atoms with Gasteiger partial charge in [-0.3, -0.25) is 0 Å². The summed E-state index contributed by atoms with van der Waals surface area (Å²) in [6.45, 7) is 0.788. The van der Waals surface area contributed by atoms with Crippen LogP contribution in [0, 0.1) is 0 Å². The Kier molecular flexibility index (Phi) is 3.43. The third-order valence-corrected chi connectivity index (χ3v) is 3.17. The molecule has 0 atom stereocenters. The predicted octanol–water partition coefficient (Wildman–Crippen LogP) is 3.96. The lowest BCUT2D eigenvalue weighted by Gasteiger charge is -2.10. The molecule has 94 valence electrons. The minimum absolute atomic E-state index is 0.788. The van der Waals surface area contributed by atoms with Crippen LogP contribution in [0.5, 0.6) is 0 Å². The first kappa shape index (κ1) is 11.8. The van der Waals surface area contributed by atoms with E-state index >= 15 is 0 Å². The molecule has 3 aromatic carbocycles. The Morgan fingerprint density at radius 2 is 1.42 bits per heavy atom. The van der Waals surface area contributed by atoms with E-state index in [4.69, 9.17) is 0 Å². The van der Waals surface area contributed by atoms with Gasteiger partial charge in [-0.15, -0.1) is 0 Å². The maximum Gasteiger partial charge on any atom is 0.0487 e. The van der Waals surface area contributed by atoms with Crippen LogP contribution in [0.1, 0.15) is 5.56 Å². The summed E-state index contributed by atoms with van der Waals surface area (Å²) in [5.41, 5.74) is 8.83. The fraction of sp³-hybridized carbons (Fsp3) is 0.0588. The predicted molar refractivity (Wildman–Crippen MR) is 80.9 cm³/mol. The van der Waals surface area contributed by atoms with E-state index in [1.807, 2.05) is 30.3 Å². The Bertz CT molecular complexity index is 657. The largest absolute Gasteiger partial charge is 0.321 e. The Balaban J connectivity index is 1.72. The number of anilines is 1. The molecule has 0 aliphatic rings. The Labute approximate surface area is 113 Å². The van der Waals surface area contributed by atoms with Crippen molar-refractivity contribution >= 4 is 16.5 Å². The molecular weight excluding hydrogens is 232 g/mol. The van der Waals surface area contributed by atoms with E-state index < -0.39 is 0 Å². The molecule has 3 aromatic rings. The van der Waals surface area contributed by atoms with E-state index in [1.165, 1.54) is 16.3 Å². The minimum Gasteiger partial charge on any atom is -0.321 e. The smallest absolute Gasteiger partial charge is 0.0487 e. The van der Waals surface area contributed by atoms with Crippen LogP contribution in [-0.4, -0.2) is 0 Å². The summed E-state index contributed by atoms with van der Waals surface area (Å²) in [7, 11) is 0. The van der Waals surface area contributed by atoms with Crippen molar-refractivity contribution in [1.82, 2.24) is 5.43 Å². The lowest BCUT2D eigenvalue weighted by molar-refractivity contribution is 0.806. The second kappa shape index (κ2) is 5.55. The first-order chi connectivity index (χ1) is 9.43. The highest BCUT2D eigenvalue weighted by Crippen LogP contribution is 2.18. The lowest BCUT2D eigenvalue weighted by Crippen LogP contribution is -2.20. The number of hydrazine groups is 1. The molecule has 0 saturated carbocycles. The van der Waals surface area contributed by atoms with Crippen LogP contribution in [0.4, 0.5) is 5.69 Å². The molecule has 0 aliphatic carbocycles. The summed E-state index contributed by atoms with van der Waals surface area (Å²) in [5, 5.41) is 2.58. The van der Waals surface area contributed by atoms with Crippen molar-refractivity contribution in [2.24, 2.45) is 0 Å². The zero-order valence-corrected chi connectivity index (χ0v) is 10.6. The standard InChI is InChI=1S/C17H16N2/c1-2-10-16(11-3-1)19-18-13-15-9-6-8-14-7-4-5-12-17(14)15/h1-12,18-19H,13H2. The number of benzene rings is 3. The van der Waals surface area contributed by atoms with Gasteiger partial charge in [-0.25, -0.2) is 5.43 Å². The van der Waals surface area contributed by atoms with Crippen molar-refractivity contribution in [1.29, 1.82) is 0 Å². The van der Waals surface area contributed by atoms with Crippen LogP contribution in [0.15, 0.2) is 72.8 Å². The van der Waals surface area contributed by atoms with Gasteiger partial charge >= 0.3 is 0 Å². The zero-order chi connectivity index (χ0) is 12.9. The molecule has 0 aromatic heterocycles. The third kappa shape index (κ3) is 2.75.